The van der Waals surface area contributed by atoms with Crippen LogP contribution in [0.1, 0.15) is 53.6 Å². The van der Waals surface area contributed by atoms with Crippen LogP contribution in [0.15, 0.2) is 83.8 Å². The summed E-state index contributed by atoms with van der Waals surface area (Å²) >= 11 is 6.09. The Morgan fingerprint density at radius 2 is 1.56 bits per heavy atom. The van der Waals surface area contributed by atoms with Gasteiger partial charge in [0.25, 0.3) is 15.9 Å². The fraction of sp³-hybridized carbons (Fsp3) is 0.323. The number of hydrogen-bond donors (Lipinski definition) is 1. The number of carbonyl (C=O) groups excluding carboxylic acids is 3. The van der Waals surface area contributed by atoms with E-state index in [-0.39, 0.29) is 35.4 Å². The molecule has 10 heteroatoms. The highest BCUT2D eigenvalue weighted by Gasteiger charge is 2.43. The van der Waals surface area contributed by atoms with Gasteiger partial charge < -0.3 is 10.2 Å². The predicted octanol–water partition coefficient (Wildman–Crippen LogP) is 4.57. The third-order valence-corrected chi connectivity index (χ3v) is 9.72. The van der Waals surface area contributed by atoms with Crippen LogP contribution < -0.4 is 5.32 Å². The molecule has 1 aliphatic carbocycles. The molecule has 0 saturated heterocycles. The summed E-state index contributed by atoms with van der Waals surface area (Å²) in [6, 6.07) is 21.3. The van der Waals surface area contributed by atoms with Gasteiger partial charge >= 0.3 is 0 Å². The molecule has 41 heavy (non-hydrogen) atoms. The molecule has 1 heterocycles. The normalized spacial score (nSPS) is 17.1. The number of fused-ring (bicyclic) bond motifs is 1. The minimum absolute atomic E-state index is 0.0112. The Labute approximate surface area is 245 Å². The Bertz CT molecular complexity index is 1520. The summed E-state index contributed by atoms with van der Waals surface area (Å²) in [5, 5.41) is 3.67. The van der Waals surface area contributed by atoms with Crippen LogP contribution in [0.4, 0.5) is 0 Å². The zero-order valence-electron chi connectivity index (χ0n) is 22.5. The van der Waals surface area contributed by atoms with E-state index in [1.165, 1.54) is 23.1 Å². The Kier molecular flexibility index (Phi) is 8.75. The van der Waals surface area contributed by atoms with Gasteiger partial charge in [-0.05, 0) is 48.2 Å². The van der Waals surface area contributed by atoms with Crippen molar-refractivity contribution in [2.24, 2.45) is 0 Å². The van der Waals surface area contributed by atoms with Gasteiger partial charge in [-0.1, -0.05) is 85.5 Å². The van der Waals surface area contributed by atoms with Crippen LogP contribution in [0.5, 0.6) is 0 Å². The molecular weight excluding hydrogens is 562 g/mol. The number of carbonyl (C=O) groups is 3. The van der Waals surface area contributed by atoms with Crippen molar-refractivity contribution in [3.05, 3.63) is 101 Å². The summed E-state index contributed by atoms with van der Waals surface area (Å²) in [6.07, 6.45) is 5.14. The zero-order chi connectivity index (χ0) is 29.0. The number of benzene rings is 3. The Morgan fingerprint density at radius 3 is 2.24 bits per heavy atom. The summed E-state index contributed by atoms with van der Waals surface area (Å²) < 4.78 is 27.1. The number of halogens is 1. The van der Waals surface area contributed by atoms with E-state index >= 15 is 0 Å². The molecule has 1 atom stereocenters. The van der Waals surface area contributed by atoms with Crippen molar-refractivity contribution in [1.82, 2.24) is 14.5 Å². The lowest BCUT2D eigenvalue weighted by Crippen LogP contribution is -2.55. The second kappa shape index (κ2) is 12.4. The smallest absolute Gasteiger partial charge is 0.269 e. The van der Waals surface area contributed by atoms with Crippen LogP contribution in [0.3, 0.4) is 0 Å². The number of rotatable bonds is 9. The molecule has 0 bridgehead atoms. The predicted molar refractivity (Wildman–Crippen MR) is 156 cm³/mol. The average molecular weight is 594 g/mol. The first-order valence-corrected chi connectivity index (χ1v) is 15.6. The van der Waals surface area contributed by atoms with Crippen LogP contribution in [0.2, 0.25) is 5.02 Å². The van der Waals surface area contributed by atoms with Crippen LogP contribution in [0.25, 0.3) is 0 Å². The largest absolute Gasteiger partial charge is 0.352 e. The monoisotopic (exact) mass is 593 g/mol. The number of amides is 3. The SMILES string of the molecule is O=C(NC1CCCCC1)[C@@H](Cc1ccccc1)N(Cc1ccc(Cl)cc1)C(=O)CN1C(=O)c2ccccc2S1(=O)=O. The van der Waals surface area contributed by atoms with Gasteiger partial charge in [-0.25, -0.2) is 12.7 Å². The Morgan fingerprint density at radius 1 is 0.902 bits per heavy atom. The molecule has 8 nitrogen and oxygen atoms in total. The van der Waals surface area contributed by atoms with Crippen LogP contribution in [0, 0.1) is 0 Å². The maximum absolute atomic E-state index is 14.0. The summed E-state index contributed by atoms with van der Waals surface area (Å²) in [5.74, 6) is -1.71. The van der Waals surface area contributed by atoms with Gasteiger partial charge in [0.1, 0.15) is 17.5 Å². The summed E-state index contributed by atoms with van der Waals surface area (Å²) in [4.78, 5) is 42.3. The molecule has 1 saturated carbocycles. The maximum Gasteiger partial charge on any atom is 0.269 e. The Hall–Kier alpha value is -3.69. The van der Waals surface area contributed by atoms with E-state index in [4.69, 9.17) is 11.6 Å². The van der Waals surface area contributed by atoms with Crippen molar-refractivity contribution < 1.29 is 22.8 Å². The van der Waals surface area contributed by atoms with Crippen molar-refractivity contribution in [1.29, 1.82) is 0 Å². The molecule has 3 amide bonds. The van der Waals surface area contributed by atoms with Crippen molar-refractivity contribution in [2.75, 3.05) is 6.54 Å². The second-order valence-electron chi connectivity index (χ2n) is 10.5. The average Bonchev–Trinajstić information content (AvgIpc) is 3.17. The third kappa shape index (κ3) is 6.47. The molecule has 5 rings (SSSR count). The number of nitrogens with one attached hydrogen (secondary N) is 1. The van der Waals surface area contributed by atoms with Gasteiger partial charge in [0.05, 0.1) is 5.56 Å². The van der Waals surface area contributed by atoms with Gasteiger partial charge in [0.2, 0.25) is 11.8 Å². The van der Waals surface area contributed by atoms with Crippen LogP contribution in [-0.4, -0.2) is 54.0 Å². The van der Waals surface area contributed by atoms with Gasteiger partial charge in [0.15, 0.2) is 0 Å². The molecule has 3 aromatic carbocycles. The van der Waals surface area contributed by atoms with Crippen LogP contribution >= 0.6 is 11.6 Å². The summed E-state index contributed by atoms with van der Waals surface area (Å²) in [5.41, 5.74) is 1.59. The first kappa shape index (κ1) is 28.8. The lowest BCUT2D eigenvalue weighted by molar-refractivity contribution is -0.141. The molecule has 1 aliphatic heterocycles. The van der Waals surface area contributed by atoms with Crippen molar-refractivity contribution in [2.45, 2.75) is 62.0 Å². The highest BCUT2D eigenvalue weighted by atomic mass is 35.5. The minimum atomic E-state index is -4.21. The van der Waals surface area contributed by atoms with E-state index in [9.17, 15) is 22.8 Å². The molecule has 0 aromatic heterocycles. The van der Waals surface area contributed by atoms with E-state index < -0.39 is 34.4 Å². The molecule has 0 spiro atoms. The molecule has 3 aromatic rings. The lowest BCUT2D eigenvalue weighted by atomic mass is 9.94. The van der Waals surface area contributed by atoms with Crippen LogP contribution in [-0.2, 0) is 32.6 Å². The van der Waals surface area contributed by atoms with E-state index in [1.54, 1.807) is 30.3 Å². The van der Waals surface area contributed by atoms with E-state index in [0.717, 1.165) is 37.7 Å². The highest BCUT2D eigenvalue weighted by molar-refractivity contribution is 7.90. The second-order valence-corrected chi connectivity index (χ2v) is 12.8. The standard InChI is InChI=1S/C31H32ClN3O5S/c32-24-17-15-23(16-18-24)20-34(29(36)21-35-31(38)26-13-7-8-14-28(26)41(35,39)40)27(19-22-9-3-1-4-10-22)30(37)33-25-11-5-2-6-12-25/h1,3-4,7-10,13-18,25,27H,2,5-6,11-12,19-21H2,(H,33,37)/t27-/m1/s1. The van der Waals surface area contributed by atoms with Gasteiger partial charge in [-0.15, -0.1) is 0 Å². The molecule has 1 fully saturated rings. The molecular formula is C31H32ClN3O5S. The van der Waals surface area contributed by atoms with Gasteiger partial charge in [-0.2, -0.15) is 0 Å². The molecule has 0 unspecified atom stereocenters. The zero-order valence-corrected chi connectivity index (χ0v) is 24.1. The van der Waals surface area contributed by atoms with E-state index in [0.29, 0.717) is 14.9 Å². The maximum atomic E-state index is 14.0. The topological polar surface area (TPSA) is 104 Å². The van der Waals surface area contributed by atoms with E-state index in [2.05, 4.69) is 5.32 Å². The third-order valence-electron chi connectivity index (χ3n) is 7.68. The van der Waals surface area contributed by atoms with Crippen molar-refractivity contribution in [3.63, 3.8) is 0 Å². The summed E-state index contributed by atoms with van der Waals surface area (Å²) in [6.45, 7) is -0.688. The first-order valence-electron chi connectivity index (χ1n) is 13.8. The fourth-order valence-electron chi connectivity index (χ4n) is 5.49. The molecule has 214 valence electrons. The van der Waals surface area contributed by atoms with Gasteiger partial charge in [-0.3, -0.25) is 14.4 Å². The van der Waals surface area contributed by atoms with Gasteiger partial charge in [0, 0.05) is 24.0 Å². The minimum Gasteiger partial charge on any atom is -0.352 e. The van der Waals surface area contributed by atoms with Crippen molar-refractivity contribution >= 4 is 39.3 Å². The first-order chi connectivity index (χ1) is 19.7. The highest BCUT2D eigenvalue weighted by Crippen LogP contribution is 2.30. The number of sulfonamides is 1. The lowest BCUT2D eigenvalue weighted by Gasteiger charge is -2.34. The molecule has 1 N–H and O–H groups in total. The quantitative estimate of drug-likeness (QED) is 0.391. The van der Waals surface area contributed by atoms with Crippen molar-refractivity contribution in [3.8, 4) is 0 Å². The fourth-order valence-corrected chi connectivity index (χ4v) is 7.13. The Balaban J connectivity index is 1.48. The molecule has 0 radical (unpaired) electrons. The summed E-state index contributed by atoms with van der Waals surface area (Å²) in [7, 11) is -4.21. The number of hydrogen-bond acceptors (Lipinski definition) is 5. The number of nitrogens with zero attached hydrogens (tertiary/aromatic N) is 2. The molecule has 2 aliphatic rings. The van der Waals surface area contributed by atoms with E-state index in [1.807, 2.05) is 30.3 Å².